The second kappa shape index (κ2) is 5.84. The number of hydrogen-bond donors (Lipinski definition) is 2. The Morgan fingerprint density at radius 2 is 1.92 bits per heavy atom. The first-order chi connectivity index (χ1) is 6.36. The van der Waals surface area contributed by atoms with Gasteiger partial charge < -0.3 is 5.73 Å². The van der Waals surface area contributed by atoms with Crippen LogP contribution in [0.15, 0.2) is 30.3 Å². The van der Waals surface area contributed by atoms with Gasteiger partial charge in [0.05, 0.1) is 0 Å². The third-order valence-corrected chi connectivity index (χ3v) is 2.04. The summed E-state index contributed by atoms with van der Waals surface area (Å²) in [5.74, 6) is 0.782. The molecule has 0 unspecified atom stereocenters. The third-order valence-electron chi connectivity index (χ3n) is 1.83. The maximum absolute atomic E-state index is 5.45. The van der Waals surface area contributed by atoms with E-state index in [0.29, 0.717) is 6.54 Å². The molecule has 0 amide bonds. The summed E-state index contributed by atoms with van der Waals surface area (Å²) in [4.78, 5) is 0. The summed E-state index contributed by atoms with van der Waals surface area (Å²) >= 11 is 4.10. The van der Waals surface area contributed by atoms with Crippen LogP contribution >= 0.6 is 12.6 Å². The lowest BCUT2D eigenvalue weighted by Crippen LogP contribution is -2.02. The van der Waals surface area contributed by atoms with Crippen molar-refractivity contribution in [2.24, 2.45) is 5.73 Å². The molecule has 0 aliphatic heterocycles. The summed E-state index contributed by atoms with van der Waals surface area (Å²) in [6.45, 7) is 0.714. The van der Waals surface area contributed by atoms with Gasteiger partial charge in [0.1, 0.15) is 0 Å². The van der Waals surface area contributed by atoms with Gasteiger partial charge in [-0.05, 0) is 24.1 Å². The van der Waals surface area contributed by atoms with Crippen LogP contribution in [-0.2, 0) is 6.42 Å². The average Bonchev–Trinajstić information content (AvgIpc) is 2.17. The van der Waals surface area contributed by atoms with Crippen molar-refractivity contribution in [3.05, 3.63) is 41.5 Å². The fourth-order valence-electron chi connectivity index (χ4n) is 1.15. The highest BCUT2D eigenvalue weighted by atomic mass is 32.1. The molecule has 0 radical (unpaired) electrons. The summed E-state index contributed by atoms with van der Waals surface area (Å²) in [6.07, 6.45) is 5.05. The Bertz CT molecular complexity index is 264. The molecule has 2 heteroatoms. The van der Waals surface area contributed by atoms with Crippen molar-refractivity contribution in [2.45, 2.75) is 6.42 Å². The van der Waals surface area contributed by atoms with Crippen LogP contribution in [0.1, 0.15) is 11.1 Å². The number of rotatable bonds is 4. The second-order valence-electron chi connectivity index (χ2n) is 2.87. The van der Waals surface area contributed by atoms with E-state index in [2.05, 4.69) is 43.0 Å². The Hall–Kier alpha value is -0.730. The van der Waals surface area contributed by atoms with Crippen LogP contribution < -0.4 is 5.73 Å². The van der Waals surface area contributed by atoms with Crippen molar-refractivity contribution in [3.8, 4) is 0 Å². The molecule has 0 atom stereocenters. The Labute approximate surface area is 85.1 Å². The van der Waals surface area contributed by atoms with Crippen molar-refractivity contribution < 1.29 is 0 Å². The lowest BCUT2D eigenvalue weighted by Gasteiger charge is -1.98. The molecular weight excluding hydrogens is 178 g/mol. The van der Waals surface area contributed by atoms with Crippen molar-refractivity contribution in [1.29, 1.82) is 0 Å². The predicted octanol–water partition coefficient (Wildman–Crippen LogP) is 2.13. The molecule has 0 fully saturated rings. The van der Waals surface area contributed by atoms with Crippen molar-refractivity contribution >= 4 is 18.7 Å². The normalized spacial score (nSPS) is 10.9. The minimum Gasteiger partial charge on any atom is -0.330 e. The molecule has 0 aliphatic rings. The molecule has 1 nitrogen and oxygen atoms in total. The van der Waals surface area contributed by atoms with Crippen LogP contribution in [0.2, 0.25) is 0 Å². The van der Waals surface area contributed by atoms with Crippen LogP contribution in [-0.4, -0.2) is 12.3 Å². The van der Waals surface area contributed by atoms with Gasteiger partial charge in [-0.15, -0.1) is 0 Å². The maximum Gasteiger partial charge on any atom is 0.00858 e. The highest BCUT2D eigenvalue weighted by Gasteiger charge is 1.90. The number of benzene rings is 1. The molecule has 0 saturated carbocycles. The first kappa shape index (κ1) is 10.4. The molecule has 0 aliphatic carbocycles. The minimum atomic E-state index is 0.714. The molecule has 0 heterocycles. The SMILES string of the molecule is NCCc1ccc(C=CCS)cc1. The van der Waals surface area contributed by atoms with E-state index >= 15 is 0 Å². The zero-order chi connectivity index (χ0) is 9.52. The Kier molecular flexibility index (Phi) is 4.65. The highest BCUT2D eigenvalue weighted by Crippen LogP contribution is 2.06. The van der Waals surface area contributed by atoms with Crippen molar-refractivity contribution in [3.63, 3.8) is 0 Å². The molecule has 1 aromatic rings. The first-order valence-corrected chi connectivity index (χ1v) is 5.06. The molecule has 0 saturated heterocycles. The fraction of sp³-hybridized carbons (Fsp3) is 0.273. The molecule has 1 aromatic carbocycles. The van der Waals surface area contributed by atoms with Gasteiger partial charge in [0.25, 0.3) is 0 Å². The summed E-state index contributed by atoms with van der Waals surface area (Å²) in [5, 5.41) is 0. The lowest BCUT2D eigenvalue weighted by atomic mass is 10.1. The molecule has 13 heavy (non-hydrogen) atoms. The fourth-order valence-corrected chi connectivity index (χ4v) is 1.26. The Morgan fingerprint density at radius 3 is 2.46 bits per heavy atom. The van der Waals surface area contributed by atoms with Crippen LogP contribution in [0.25, 0.3) is 6.08 Å². The maximum atomic E-state index is 5.45. The van der Waals surface area contributed by atoms with Crippen molar-refractivity contribution in [1.82, 2.24) is 0 Å². The second-order valence-corrected chi connectivity index (χ2v) is 3.23. The minimum absolute atomic E-state index is 0.714. The smallest absolute Gasteiger partial charge is 0.00858 e. The van der Waals surface area contributed by atoms with Gasteiger partial charge in [0.2, 0.25) is 0 Å². The molecule has 0 aromatic heterocycles. The van der Waals surface area contributed by atoms with E-state index in [0.717, 1.165) is 12.2 Å². The molecule has 0 bridgehead atoms. The largest absolute Gasteiger partial charge is 0.330 e. The third kappa shape index (κ3) is 3.66. The summed E-state index contributed by atoms with van der Waals surface area (Å²) in [5.41, 5.74) is 7.97. The van der Waals surface area contributed by atoms with E-state index in [-0.39, 0.29) is 0 Å². The topological polar surface area (TPSA) is 26.0 Å². The quantitative estimate of drug-likeness (QED) is 0.704. The van der Waals surface area contributed by atoms with Gasteiger partial charge in [-0.3, -0.25) is 0 Å². The zero-order valence-corrected chi connectivity index (χ0v) is 8.50. The van der Waals surface area contributed by atoms with Crippen LogP contribution in [0.4, 0.5) is 0 Å². The molecule has 1 rings (SSSR count). The molecule has 0 spiro atoms. The zero-order valence-electron chi connectivity index (χ0n) is 7.61. The average molecular weight is 193 g/mol. The summed E-state index contributed by atoms with van der Waals surface area (Å²) < 4.78 is 0. The van der Waals surface area contributed by atoms with E-state index in [1.807, 2.05) is 6.08 Å². The van der Waals surface area contributed by atoms with E-state index in [4.69, 9.17) is 5.73 Å². The van der Waals surface area contributed by atoms with Crippen LogP contribution in [0.3, 0.4) is 0 Å². The van der Waals surface area contributed by atoms with E-state index in [9.17, 15) is 0 Å². The Morgan fingerprint density at radius 1 is 1.23 bits per heavy atom. The highest BCUT2D eigenvalue weighted by molar-refractivity contribution is 7.80. The van der Waals surface area contributed by atoms with Crippen LogP contribution in [0.5, 0.6) is 0 Å². The standard InChI is InChI=1S/C11H15NS/c12-8-7-11-5-3-10(4-6-11)2-1-9-13/h1-6,13H,7-9,12H2. The number of thiol groups is 1. The lowest BCUT2D eigenvalue weighted by molar-refractivity contribution is 0.969. The molecular formula is C11H15NS. The Balaban J connectivity index is 2.64. The van der Waals surface area contributed by atoms with Gasteiger partial charge in [-0.25, -0.2) is 0 Å². The molecule has 70 valence electrons. The predicted molar refractivity (Wildman–Crippen MR) is 62.1 cm³/mol. The molecule has 2 N–H and O–H groups in total. The van der Waals surface area contributed by atoms with Gasteiger partial charge in [-0.2, -0.15) is 12.6 Å². The monoisotopic (exact) mass is 193 g/mol. The summed E-state index contributed by atoms with van der Waals surface area (Å²) in [7, 11) is 0. The van der Waals surface area contributed by atoms with E-state index in [1.165, 1.54) is 11.1 Å². The number of nitrogens with two attached hydrogens (primary N) is 1. The van der Waals surface area contributed by atoms with Gasteiger partial charge in [-0.1, -0.05) is 36.4 Å². The summed E-state index contributed by atoms with van der Waals surface area (Å²) in [6, 6.07) is 8.44. The number of hydrogen-bond acceptors (Lipinski definition) is 2. The van der Waals surface area contributed by atoms with E-state index in [1.54, 1.807) is 0 Å². The van der Waals surface area contributed by atoms with Gasteiger partial charge >= 0.3 is 0 Å². The van der Waals surface area contributed by atoms with Crippen LogP contribution in [0, 0.1) is 0 Å². The van der Waals surface area contributed by atoms with Gasteiger partial charge in [0.15, 0.2) is 0 Å². The van der Waals surface area contributed by atoms with Crippen molar-refractivity contribution in [2.75, 3.05) is 12.3 Å². The first-order valence-electron chi connectivity index (χ1n) is 4.43. The van der Waals surface area contributed by atoms with E-state index < -0.39 is 0 Å². The van der Waals surface area contributed by atoms with Gasteiger partial charge in [0, 0.05) is 5.75 Å².